The topological polar surface area (TPSA) is 96.5 Å². The van der Waals surface area contributed by atoms with Gasteiger partial charge < -0.3 is 9.72 Å². The van der Waals surface area contributed by atoms with Gasteiger partial charge in [-0.3, -0.25) is 9.59 Å². The Kier molecular flexibility index (Phi) is 5.98. The Morgan fingerprint density at radius 1 is 1.15 bits per heavy atom. The van der Waals surface area contributed by atoms with E-state index in [0.29, 0.717) is 23.6 Å². The fourth-order valence-corrected chi connectivity index (χ4v) is 4.52. The van der Waals surface area contributed by atoms with Gasteiger partial charge in [0, 0.05) is 24.3 Å². The van der Waals surface area contributed by atoms with Gasteiger partial charge in [0.15, 0.2) is 6.61 Å². The van der Waals surface area contributed by atoms with Crippen LogP contribution < -0.4 is 0 Å². The number of Topliss-reactive ketones (excluding diaryl/α,β-unsaturated/α-hetero) is 1. The lowest BCUT2D eigenvalue weighted by Gasteiger charge is -2.30. The van der Waals surface area contributed by atoms with Gasteiger partial charge in [-0.05, 0) is 49.2 Å². The molecule has 1 fully saturated rings. The monoisotopic (exact) mass is 410 g/mol. The zero-order chi connectivity index (χ0) is 19.4. The molecular formula is C18H19ClN2O5S. The summed E-state index contributed by atoms with van der Waals surface area (Å²) in [6.07, 6.45) is 2.32. The summed E-state index contributed by atoms with van der Waals surface area (Å²) in [7, 11) is -3.62. The second-order valence-electron chi connectivity index (χ2n) is 6.25. The van der Waals surface area contributed by atoms with Crippen molar-refractivity contribution in [2.24, 2.45) is 5.92 Å². The molecule has 0 spiro atoms. The van der Waals surface area contributed by atoms with Crippen LogP contribution >= 0.6 is 11.6 Å². The largest absolute Gasteiger partial charge is 0.457 e. The van der Waals surface area contributed by atoms with Crippen LogP contribution in [0.4, 0.5) is 0 Å². The van der Waals surface area contributed by atoms with Gasteiger partial charge in [0.1, 0.15) is 0 Å². The molecule has 144 valence electrons. The molecule has 1 aromatic carbocycles. The van der Waals surface area contributed by atoms with Gasteiger partial charge in [0.2, 0.25) is 15.8 Å². The van der Waals surface area contributed by atoms with E-state index in [1.54, 1.807) is 18.3 Å². The number of nitrogens with zero attached hydrogens (tertiary/aromatic N) is 1. The smallest absolute Gasteiger partial charge is 0.309 e. The van der Waals surface area contributed by atoms with Gasteiger partial charge in [-0.15, -0.1) is 0 Å². The Hall–Kier alpha value is -2.16. The predicted molar refractivity (Wildman–Crippen MR) is 99.0 cm³/mol. The maximum atomic E-state index is 12.6. The van der Waals surface area contributed by atoms with E-state index in [9.17, 15) is 18.0 Å². The molecule has 0 bridgehead atoms. The van der Waals surface area contributed by atoms with Crippen molar-refractivity contribution in [3.63, 3.8) is 0 Å². The van der Waals surface area contributed by atoms with Gasteiger partial charge in [0.25, 0.3) is 0 Å². The molecule has 3 rings (SSSR count). The van der Waals surface area contributed by atoms with E-state index in [0.717, 1.165) is 0 Å². The maximum Gasteiger partial charge on any atom is 0.309 e. The van der Waals surface area contributed by atoms with Gasteiger partial charge in [-0.1, -0.05) is 11.6 Å². The first kappa shape index (κ1) is 19.6. The zero-order valence-electron chi connectivity index (χ0n) is 14.4. The lowest BCUT2D eigenvalue weighted by molar-refractivity contribution is -0.148. The SMILES string of the molecule is O=C(COC(=O)C1CCN(S(=O)(=O)c2ccc(Cl)cc2)CC1)c1ccc[nH]1. The van der Waals surface area contributed by atoms with Gasteiger partial charge in [0.05, 0.1) is 16.5 Å². The molecule has 0 unspecified atom stereocenters. The molecule has 9 heteroatoms. The van der Waals surface area contributed by atoms with Crippen LogP contribution in [0.15, 0.2) is 47.5 Å². The number of sulfonamides is 1. The molecule has 0 saturated carbocycles. The number of piperidine rings is 1. The molecule has 1 aliphatic heterocycles. The number of esters is 1. The number of ketones is 1. The van der Waals surface area contributed by atoms with Gasteiger partial charge in [-0.25, -0.2) is 8.42 Å². The highest BCUT2D eigenvalue weighted by atomic mass is 35.5. The lowest BCUT2D eigenvalue weighted by atomic mass is 9.98. The molecule has 0 atom stereocenters. The van der Waals surface area contributed by atoms with Crippen molar-refractivity contribution in [1.29, 1.82) is 0 Å². The highest BCUT2D eigenvalue weighted by Gasteiger charge is 2.33. The predicted octanol–water partition coefficient (Wildman–Crippen LogP) is 2.49. The summed E-state index contributed by atoms with van der Waals surface area (Å²) in [4.78, 5) is 27.0. The number of hydrogen-bond donors (Lipinski definition) is 1. The Morgan fingerprint density at radius 2 is 1.81 bits per heavy atom. The highest BCUT2D eigenvalue weighted by Crippen LogP contribution is 2.25. The Labute approximate surface area is 162 Å². The normalized spacial score (nSPS) is 16.2. The molecule has 0 amide bonds. The quantitative estimate of drug-likeness (QED) is 0.583. The standard InChI is InChI=1S/C18H19ClN2O5S/c19-14-3-5-15(6-4-14)27(24,25)21-10-7-13(8-11-21)18(23)26-12-17(22)16-2-1-9-20-16/h1-6,9,13,20H,7-8,10-12H2. The number of ether oxygens (including phenoxy) is 1. The van der Waals surface area contributed by atoms with Crippen molar-refractivity contribution in [3.05, 3.63) is 53.3 Å². The van der Waals surface area contributed by atoms with Crippen LogP contribution in [0.1, 0.15) is 23.3 Å². The summed E-state index contributed by atoms with van der Waals surface area (Å²) in [6, 6.07) is 9.27. The number of hydrogen-bond acceptors (Lipinski definition) is 5. The summed E-state index contributed by atoms with van der Waals surface area (Å²) in [6.45, 7) is 0.104. The fourth-order valence-electron chi connectivity index (χ4n) is 2.92. The van der Waals surface area contributed by atoms with E-state index in [2.05, 4.69) is 4.98 Å². The van der Waals surface area contributed by atoms with Crippen LogP contribution in [0.3, 0.4) is 0 Å². The average molecular weight is 411 g/mol. The Balaban J connectivity index is 1.53. The van der Waals surface area contributed by atoms with Crippen LogP contribution in [-0.4, -0.2) is 49.2 Å². The van der Waals surface area contributed by atoms with Crippen molar-refractivity contribution in [2.75, 3.05) is 19.7 Å². The van der Waals surface area contributed by atoms with Crippen molar-refractivity contribution in [2.45, 2.75) is 17.7 Å². The molecule has 2 heterocycles. The number of nitrogens with one attached hydrogen (secondary N) is 1. The first-order valence-electron chi connectivity index (χ1n) is 8.47. The highest BCUT2D eigenvalue weighted by molar-refractivity contribution is 7.89. The summed E-state index contributed by atoms with van der Waals surface area (Å²) < 4.78 is 31.7. The number of rotatable bonds is 6. The number of halogens is 1. The molecular weight excluding hydrogens is 392 g/mol. The number of carbonyl (C=O) groups is 2. The van der Waals surface area contributed by atoms with Crippen LogP contribution in [0.25, 0.3) is 0 Å². The van der Waals surface area contributed by atoms with Crippen LogP contribution in [0, 0.1) is 5.92 Å². The minimum Gasteiger partial charge on any atom is -0.457 e. The molecule has 1 aliphatic rings. The number of aromatic nitrogens is 1. The molecule has 1 N–H and O–H groups in total. The number of aromatic amines is 1. The zero-order valence-corrected chi connectivity index (χ0v) is 16.0. The lowest BCUT2D eigenvalue weighted by Crippen LogP contribution is -2.40. The van der Waals surface area contributed by atoms with Crippen molar-refractivity contribution >= 4 is 33.4 Å². The molecule has 2 aromatic rings. The van der Waals surface area contributed by atoms with Crippen molar-refractivity contribution in [1.82, 2.24) is 9.29 Å². The maximum absolute atomic E-state index is 12.6. The Morgan fingerprint density at radius 3 is 2.41 bits per heavy atom. The van der Waals surface area contributed by atoms with Gasteiger partial charge >= 0.3 is 5.97 Å². The minimum absolute atomic E-state index is 0.171. The number of benzene rings is 1. The second-order valence-corrected chi connectivity index (χ2v) is 8.62. The molecule has 27 heavy (non-hydrogen) atoms. The first-order chi connectivity index (χ1) is 12.9. The summed E-state index contributed by atoms with van der Waals surface area (Å²) in [5, 5.41) is 0.462. The minimum atomic E-state index is -3.62. The molecule has 1 aromatic heterocycles. The van der Waals surface area contributed by atoms with Crippen molar-refractivity contribution in [3.8, 4) is 0 Å². The number of H-pyrrole nitrogens is 1. The molecule has 0 radical (unpaired) electrons. The van der Waals surface area contributed by atoms with E-state index < -0.39 is 21.9 Å². The third kappa shape index (κ3) is 4.58. The second kappa shape index (κ2) is 8.24. The summed E-state index contributed by atoms with van der Waals surface area (Å²) in [5.74, 6) is -1.20. The fraction of sp³-hybridized carbons (Fsp3) is 0.333. The van der Waals surface area contributed by atoms with Crippen LogP contribution in [-0.2, 0) is 19.6 Å². The third-order valence-corrected chi connectivity index (χ3v) is 6.65. The van der Waals surface area contributed by atoms with Crippen LogP contribution in [0.2, 0.25) is 5.02 Å². The van der Waals surface area contributed by atoms with E-state index in [-0.39, 0.29) is 30.4 Å². The van der Waals surface area contributed by atoms with Crippen molar-refractivity contribution < 1.29 is 22.7 Å². The molecule has 7 nitrogen and oxygen atoms in total. The van der Waals surface area contributed by atoms with E-state index in [1.165, 1.54) is 28.6 Å². The van der Waals surface area contributed by atoms with E-state index >= 15 is 0 Å². The Bertz CT molecular complexity index is 902. The average Bonchev–Trinajstić information content (AvgIpc) is 3.21. The first-order valence-corrected chi connectivity index (χ1v) is 10.3. The van der Waals surface area contributed by atoms with Crippen LogP contribution in [0.5, 0.6) is 0 Å². The third-order valence-electron chi connectivity index (χ3n) is 4.48. The van der Waals surface area contributed by atoms with E-state index in [1.807, 2.05) is 0 Å². The van der Waals surface area contributed by atoms with E-state index in [4.69, 9.17) is 16.3 Å². The summed E-state index contributed by atoms with van der Waals surface area (Å²) >= 11 is 5.80. The number of carbonyl (C=O) groups excluding carboxylic acids is 2. The van der Waals surface area contributed by atoms with Gasteiger partial charge in [-0.2, -0.15) is 4.31 Å². The molecule has 1 saturated heterocycles. The molecule has 0 aliphatic carbocycles. The summed E-state index contributed by atoms with van der Waals surface area (Å²) in [5.41, 5.74) is 0.381.